The van der Waals surface area contributed by atoms with E-state index >= 15 is 0 Å². The molecule has 344 valence electrons. The van der Waals surface area contributed by atoms with Crippen molar-refractivity contribution in [3.63, 3.8) is 0 Å². The predicted molar refractivity (Wildman–Crippen MR) is 200 cm³/mol. The largest absolute Gasteiger partial charge is 1.00 e. The molecule has 4 aromatic heterocycles. The fraction of sp³-hybridized carbons (Fsp3) is 0.290. The summed E-state index contributed by atoms with van der Waals surface area (Å²) in [6.07, 6.45) is -2.09. The molecule has 6 N–H and O–H groups in total. The number of carbonyl (C=O) groups is 2. The summed E-state index contributed by atoms with van der Waals surface area (Å²) in [4.78, 5) is 69.8. The number of carbonyl (C=O) groups excluding carboxylic acids is 2. The number of aromatic nitrogens is 7. The minimum absolute atomic E-state index is 0. The second kappa shape index (κ2) is 44.5. The van der Waals surface area contributed by atoms with Gasteiger partial charge in [0.2, 0.25) is 17.7 Å². The first-order valence-corrected chi connectivity index (χ1v) is 16.5. The molecule has 0 aliphatic heterocycles. The molecule has 0 unspecified atom stereocenters. The van der Waals surface area contributed by atoms with Gasteiger partial charge in [0.15, 0.2) is 17.1 Å². The molecule has 0 radical (unpaired) electrons. The molecule has 0 fully saturated rings. The number of hydrogen-bond donors (Lipinski definition) is 4. The van der Waals surface area contributed by atoms with Gasteiger partial charge >= 0.3 is 224 Å². The molecule has 0 atom stereocenters. The summed E-state index contributed by atoms with van der Waals surface area (Å²) < 4.78 is 111. The van der Waals surface area contributed by atoms with Crippen molar-refractivity contribution in [2.75, 3.05) is 11.5 Å². The van der Waals surface area contributed by atoms with Crippen molar-refractivity contribution >= 4 is 62.5 Å². The van der Waals surface area contributed by atoms with Crippen LogP contribution in [0.5, 0.6) is 0 Å². The molecular formula is C31H30Br2F9K4N11O9. The molecule has 0 saturated heterocycles. The van der Waals surface area contributed by atoms with Crippen LogP contribution in [0.4, 0.5) is 51.4 Å². The van der Waals surface area contributed by atoms with Gasteiger partial charge in [-0.25, -0.2) is 15.0 Å². The molecule has 4 heterocycles. The number of halogens is 11. The van der Waals surface area contributed by atoms with Gasteiger partial charge in [-0.3, -0.25) is 37.9 Å². The van der Waals surface area contributed by atoms with E-state index in [1.165, 1.54) is 20.0 Å². The number of nitriles is 2. The zero-order valence-corrected chi connectivity index (χ0v) is 51.2. The van der Waals surface area contributed by atoms with E-state index in [0.29, 0.717) is 11.8 Å². The number of terminal acetylenes is 2. The van der Waals surface area contributed by atoms with E-state index in [1.807, 2.05) is 11.9 Å². The third-order valence-electron chi connectivity index (χ3n) is 4.96. The zero-order valence-electron chi connectivity index (χ0n) is 37.5. The quantitative estimate of drug-likeness (QED) is 0.0370. The van der Waals surface area contributed by atoms with Crippen LogP contribution in [0.25, 0.3) is 5.78 Å². The maximum absolute atomic E-state index is 12.5. The first-order chi connectivity index (χ1) is 28.6. The fourth-order valence-corrected chi connectivity index (χ4v) is 3.94. The van der Waals surface area contributed by atoms with Crippen LogP contribution in [0.3, 0.4) is 0 Å². The number of nitrogens with zero attached hydrogens (tertiary/aromatic N) is 7. The van der Waals surface area contributed by atoms with Crippen molar-refractivity contribution in [1.82, 2.24) is 33.9 Å². The molecule has 0 bridgehead atoms. The smallest absolute Gasteiger partial charge is 1.00 e. The number of imidazole rings is 1. The number of rotatable bonds is 3. The Bertz CT molecular complexity index is 2390. The zero-order chi connectivity index (χ0) is 49.6. The van der Waals surface area contributed by atoms with Crippen molar-refractivity contribution in [2.24, 2.45) is 0 Å². The van der Waals surface area contributed by atoms with E-state index in [1.54, 1.807) is 19.1 Å². The number of anilines is 2. The van der Waals surface area contributed by atoms with Crippen molar-refractivity contribution in [2.45, 2.75) is 59.2 Å². The van der Waals surface area contributed by atoms with Gasteiger partial charge in [0.1, 0.15) is 8.95 Å². The summed E-state index contributed by atoms with van der Waals surface area (Å²) in [7, 11) is 0. The van der Waals surface area contributed by atoms with Gasteiger partial charge in [0, 0.05) is 38.2 Å². The topological polar surface area (TPSA) is 329 Å². The van der Waals surface area contributed by atoms with E-state index in [0.717, 1.165) is 15.4 Å². The summed E-state index contributed by atoms with van der Waals surface area (Å²) >= 11 is 5.15. The van der Waals surface area contributed by atoms with Gasteiger partial charge in [0.25, 0.3) is 29.6 Å². The minimum atomic E-state index is -4.75. The number of alkyl halides is 9. The Morgan fingerprint density at radius 3 is 1.50 bits per heavy atom. The van der Waals surface area contributed by atoms with Crippen LogP contribution in [0, 0.1) is 54.3 Å². The average molecular weight is 1190 g/mol. The molecule has 0 aliphatic rings. The molecular weight excluding hydrogens is 1160 g/mol. The number of H-pyrrole nitrogens is 2. The third-order valence-corrected chi connectivity index (χ3v) is 6.38. The molecule has 4 aromatic rings. The van der Waals surface area contributed by atoms with E-state index in [4.69, 9.17) is 54.9 Å². The van der Waals surface area contributed by atoms with Crippen molar-refractivity contribution in [3.05, 3.63) is 75.0 Å². The Kier molecular flexibility index (Phi) is 55.7. The van der Waals surface area contributed by atoms with Crippen LogP contribution in [-0.2, 0) is 44.4 Å². The second-order valence-corrected chi connectivity index (χ2v) is 10.9. The number of fused-ring (bicyclic) bond motifs is 1. The van der Waals surface area contributed by atoms with Gasteiger partial charge in [-0.2, -0.15) is 50.0 Å². The molecule has 0 aliphatic carbocycles. The monoisotopic (exact) mass is 1180 g/mol. The first kappa shape index (κ1) is 82.5. The van der Waals surface area contributed by atoms with Gasteiger partial charge in [0.05, 0.1) is 18.7 Å². The molecule has 0 aromatic carbocycles. The molecule has 35 heteroatoms. The number of aryl methyl sites for hydroxylation is 1. The van der Waals surface area contributed by atoms with Crippen LogP contribution >= 0.6 is 31.9 Å². The molecule has 0 saturated carbocycles. The molecule has 20 nitrogen and oxygen atoms in total. The van der Waals surface area contributed by atoms with Gasteiger partial charge in [-0.05, 0) is 38.8 Å². The maximum Gasteiger partial charge on any atom is 1.00 e. The molecule has 0 amide bonds. The standard InChI is InChI=1S/2C8H5BrF3N3O.C5H4F3N3O.C4H6.2C2H3N.2CH2O3.4K.2H/c1-3-2-15-6(16)4(9)5(8(10,11)12)14-7(15)13-3;1-2-3-15-6(16)4(9)5(8(10,11)12)14-7(15)13;6-5(7,8)2-1-3(12)11-4(9)10-2;1-3-4-2;2*1-2-3;2*2-1-4-3;;;;;;/h2H,1H3,(H,13,14);1H,3H2,(H2,13,14);1H,(H3,9,10,11,12);1H,4H2,2H3;2*1H3;2*1,3H;;;;;;/q;;;;;;;;4*+1;2*-1/p-2. The minimum Gasteiger partial charge on any atom is -1.00 e. The predicted octanol–water partition coefficient (Wildman–Crippen LogP) is -9.08. The van der Waals surface area contributed by atoms with E-state index < -0.39 is 73.1 Å². The second-order valence-electron chi connectivity index (χ2n) is 9.34. The Hall–Kier alpha value is -0.385. The SMILES string of the molecule is C#CCC.C#CCn1c(N)nc(C(F)(F)F)c(Br)c1=O.CC#N.CC#N.Cc1cn2c(=O)c(Br)c(C(F)(F)F)nc2[nH]1.Nc1nc(C(F)(F)F)cc(=O)[nH]1.O=CO[O-].O=CO[O-].[H-].[H-].[K+].[K+].[K+].[K+]. The molecule has 0 spiro atoms. The van der Waals surface area contributed by atoms with Gasteiger partial charge in [-0.1, -0.05) is 12.8 Å². The van der Waals surface area contributed by atoms with Crippen molar-refractivity contribution in [3.8, 4) is 36.8 Å². The molecule has 66 heavy (non-hydrogen) atoms. The summed E-state index contributed by atoms with van der Waals surface area (Å²) in [5.41, 5.74) is 4.11. The van der Waals surface area contributed by atoms with Crippen molar-refractivity contribution in [1.29, 1.82) is 10.5 Å². The number of hydrogen-bond acceptors (Lipinski definition) is 16. The fourth-order valence-electron chi connectivity index (χ4n) is 2.91. The number of nitrogens with one attached hydrogen (secondary N) is 2. The summed E-state index contributed by atoms with van der Waals surface area (Å²) in [5, 5.41) is 31.5. The van der Waals surface area contributed by atoms with Crippen LogP contribution in [0.15, 0.2) is 35.6 Å². The van der Waals surface area contributed by atoms with Crippen LogP contribution in [0.1, 0.15) is 52.8 Å². The normalized spacial score (nSPS) is 8.98. The first-order valence-electron chi connectivity index (χ1n) is 14.9. The third kappa shape index (κ3) is 35.7. The van der Waals surface area contributed by atoms with E-state index in [-0.39, 0.29) is 234 Å². The average Bonchev–Trinajstić information content (AvgIpc) is 3.56. The number of nitrogens with two attached hydrogens (primary N) is 2. The number of nitrogen functional groups attached to an aromatic ring is 2. The van der Waals surface area contributed by atoms with Crippen LogP contribution in [-0.4, -0.2) is 46.8 Å². The van der Waals surface area contributed by atoms with E-state index in [2.05, 4.69) is 73.4 Å². The van der Waals surface area contributed by atoms with Crippen LogP contribution in [0.2, 0.25) is 0 Å². The Morgan fingerprint density at radius 2 is 1.18 bits per heavy atom. The van der Waals surface area contributed by atoms with Crippen molar-refractivity contribution < 1.29 is 278 Å². The van der Waals surface area contributed by atoms with Gasteiger partial charge < -0.3 is 39.6 Å². The Labute approximate surface area is 556 Å². The summed E-state index contributed by atoms with van der Waals surface area (Å²) in [6, 6.07) is 3.84. The maximum atomic E-state index is 12.5. The Morgan fingerprint density at radius 1 is 0.803 bits per heavy atom. The Balaban J connectivity index is -0.0000000762. The van der Waals surface area contributed by atoms with Crippen LogP contribution < -0.4 is 244 Å². The summed E-state index contributed by atoms with van der Waals surface area (Å²) in [5.74, 6) is 3.28. The summed E-state index contributed by atoms with van der Waals surface area (Å²) in [6.45, 7) is 5.82. The molecule has 4 rings (SSSR count). The van der Waals surface area contributed by atoms with E-state index in [9.17, 15) is 53.9 Å². The number of aromatic amines is 2. The van der Waals surface area contributed by atoms with Gasteiger partial charge in [-0.15, -0.1) is 18.8 Å².